The normalized spacial score (nSPS) is 12.8. The minimum absolute atomic E-state index is 0.705. The van der Waals surface area contributed by atoms with Crippen LogP contribution in [0, 0.1) is 27.7 Å². The third kappa shape index (κ3) is 6.58. The van der Waals surface area contributed by atoms with Crippen LogP contribution in [0.15, 0.2) is 216 Å². The van der Waals surface area contributed by atoms with E-state index in [1.807, 2.05) is 6.08 Å². The maximum Gasteiger partial charge on any atom is 0.160 e. The molecule has 2 aromatic heterocycles. The molecule has 11 aromatic rings. The fourth-order valence-electron chi connectivity index (χ4n) is 11.0. The van der Waals surface area contributed by atoms with Crippen LogP contribution in [0.4, 0.5) is 34.1 Å². The van der Waals surface area contributed by atoms with E-state index < -0.39 is 5.41 Å². The van der Waals surface area contributed by atoms with Crippen LogP contribution in [-0.4, -0.2) is 0 Å². The van der Waals surface area contributed by atoms with Crippen molar-refractivity contribution in [2.75, 3.05) is 9.80 Å². The first-order valence-electron chi connectivity index (χ1n) is 24.1. The maximum atomic E-state index is 7.43. The molecule has 70 heavy (non-hydrogen) atoms. The van der Waals surface area contributed by atoms with Gasteiger partial charge in [-0.05, 0) is 130 Å². The largest absolute Gasteiger partial charge is 0.455 e. The van der Waals surface area contributed by atoms with Crippen molar-refractivity contribution in [3.05, 3.63) is 263 Å². The molecule has 0 unspecified atom stereocenters. The van der Waals surface area contributed by atoms with Crippen LogP contribution in [0.1, 0.15) is 62.8 Å². The fourth-order valence-corrected chi connectivity index (χ4v) is 11.0. The lowest BCUT2D eigenvalue weighted by Gasteiger charge is -2.36. The highest BCUT2D eigenvalue weighted by molar-refractivity contribution is 6.23. The number of para-hydroxylation sites is 1. The number of allylic oxidation sites excluding steroid dienone is 1. The zero-order valence-corrected chi connectivity index (χ0v) is 40.1. The third-order valence-electron chi connectivity index (χ3n) is 14.3. The summed E-state index contributed by atoms with van der Waals surface area (Å²) in [5, 5.41) is 3.09. The SMILES string of the molecule is C=Cc1oc2c(N(c3ccc(C)cc3)c3ccc(C)cc3)cc3c(c2c1/C=C\C)-c1c(cc(N(c2ccc(C)cc2)c2ccc(C)cc2)c2c1oc1ccccc12)C3(c1ccccc1)c1ccccc1. The van der Waals surface area contributed by atoms with Crippen LogP contribution < -0.4 is 9.80 Å². The lowest BCUT2D eigenvalue weighted by molar-refractivity contribution is 0.603. The third-order valence-corrected chi connectivity index (χ3v) is 14.3. The van der Waals surface area contributed by atoms with Gasteiger partial charge < -0.3 is 18.6 Å². The van der Waals surface area contributed by atoms with Crippen LogP contribution in [0.2, 0.25) is 0 Å². The van der Waals surface area contributed by atoms with Gasteiger partial charge in [0.2, 0.25) is 0 Å². The van der Waals surface area contributed by atoms with E-state index in [0.29, 0.717) is 5.76 Å². The van der Waals surface area contributed by atoms with Crippen LogP contribution in [0.5, 0.6) is 0 Å². The monoisotopic (exact) mass is 904 g/mol. The smallest absolute Gasteiger partial charge is 0.160 e. The molecule has 1 aliphatic carbocycles. The molecule has 0 saturated carbocycles. The number of hydrogen-bond acceptors (Lipinski definition) is 4. The van der Waals surface area contributed by atoms with Crippen molar-refractivity contribution in [3.63, 3.8) is 0 Å². The molecule has 0 spiro atoms. The summed E-state index contributed by atoms with van der Waals surface area (Å²) in [6, 6.07) is 70.8. The predicted octanol–water partition coefficient (Wildman–Crippen LogP) is 18.5. The molecular weight excluding hydrogens is 853 g/mol. The Morgan fingerprint density at radius 2 is 0.900 bits per heavy atom. The van der Waals surface area contributed by atoms with Gasteiger partial charge >= 0.3 is 0 Å². The highest BCUT2D eigenvalue weighted by Crippen LogP contribution is 2.64. The average molecular weight is 905 g/mol. The molecule has 12 rings (SSSR count). The van der Waals surface area contributed by atoms with E-state index >= 15 is 0 Å². The highest BCUT2D eigenvalue weighted by Gasteiger charge is 2.50. The average Bonchev–Trinajstić information content (AvgIpc) is 4.06. The summed E-state index contributed by atoms with van der Waals surface area (Å²) in [4.78, 5) is 4.78. The van der Waals surface area contributed by atoms with E-state index in [4.69, 9.17) is 8.83 Å². The number of hydrogen-bond donors (Lipinski definition) is 0. The Morgan fingerprint density at radius 1 is 0.457 bits per heavy atom. The van der Waals surface area contributed by atoms with Crippen molar-refractivity contribution in [1.82, 2.24) is 0 Å². The van der Waals surface area contributed by atoms with Gasteiger partial charge in [-0.25, -0.2) is 0 Å². The quantitative estimate of drug-likeness (QED) is 0.137. The number of aryl methyl sites for hydroxylation is 4. The summed E-state index contributed by atoms with van der Waals surface area (Å²) in [6.45, 7) is 15.0. The summed E-state index contributed by atoms with van der Waals surface area (Å²) >= 11 is 0. The number of nitrogens with zero attached hydrogens (tertiary/aromatic N) is 2. The van der Waals surface area contributed by atoms with Gasteiger partial charge in [0.15, 0.2) is 5.58 Å². The fraction of sp³-hybridized carbons (Fsp3) is 0.0909. The lowest BCUT2D eigenvalue weighted by atomic mass is 9.67. The van der Waals surface area contributed by atoms with Crippen LogP contribution in [-0.2, 0) is 5.41 Å². The Morgan fingerprint density at radius 3 is 1.39 bits per heavy atom. The summed E-state index contributed by atoms with van der Waals surface area (Å²) < 4.78 is 14.7. The van der Waals surface area contributed by atoms with Gasteiger partial charge in [-0.15, -0.1) is 0 Å². The number of anilines is 6. The highest BCUT2D eigenvalue weighted by atomic mass is 16.3. The summed E-state index contributed by atoms with van der Waals surface area (Å²) in [5.74, 6) is 0.705. The first kappa shape index (κ1) is 42.7. The Bertz CT molecular complexity index is 3670. The van der Waals surface area contributed by atoms with E-state index in [-0.39, 0.29) is 0 Å². The minimum Gasteiger partial charge on any atom is -0.455 e. The number of fused-ring (bicyclic) bond motifs is 9. The van der Waals surface area contributed by atoms with Gasteiger partial charge in [0.25, 0.3) is 0 Å². The van der Waals surface area contributed by atoms with Gasteiger partial charge in [0, 0.05) is 50.2 Å². The van der Waals surface area contributed by atoms with Crippen molar-refractivity contribution in [2.24, 2.45) is 0 Å². The van der Waals surface area contributed by atoms with Gasteiger partial charge in [-0.2, -0.15) is 0 Å². The van der Waals surface area contributed by atoms with E-state index in [9.17, 15) is 0 Å². The number of rotatable bonds is 10. The van der Waals surface area contributed by atoms with Gasteiger partial charge in [-0.3, -0.25) is 0 Å². The Hall–Kier alpha value is -8.60. The molecule has 0 saturated heterocycles. The van der Waals surface area contributed by atoms with E-state index in [2.05, 4.69) is 257 Å². The van der Waals surface area contributed by atoms with Crippen LogP contribution in [0.3, 0.4) is 0 Å². The van der Waals surface area contributed by atoms with E-state index in [1.165, 1.54) is 22.3 Å². The Labute approximate surface area is 409 Å². The van der Waals surface area contributed by atoms with Gasteiger partial charge in [-0.1, -0.05) is 168 Å². The lowest BCUT2D eigenvalue weighted by Crippen LogP contribution is -2.29. The van der Waals surface area contributed by atoms with Crippen LogP contribution >= 0.6 is 0 Å². The second-order valence-electron chi connectivity index (χ2n) is 18.7. The van der Waals surface area contributed by atoms with Crippen molar-refractivity contribution < 1.29 is 8.83 Å². The van der Waals surface area contributed by atoms with Crippen molar-refractivity contribution in [2.45, 2.75) is 40.0 Å². The molecule has 1 aliphatic rings. The van der Waals surface area contributed by atoms with Gasteiger partial charge in [0.05, 0.1) is 22.2 Å². The Kier molecular flexibility index (Phi) is 10.3. The predicted molar refractivity (Wildman–Crippen MR) is 294 cm³/mol. The second-order valence-corrected chi connectivity index (χ2v) is 18.7. The molecule has 0 aliphatic heterocycles. The molecule has 4 nitrogen and oxygen atoms in total. The Balaban J connectivity index is 1.33. The molecule has 0 amide bonds. The summed E-state index contributed by atoms with van der Waals surface area (Å²) in [5.41, 5.74) is 20.0. The summed E-state index contributed by atoms with van der Waals surface area (Å²) in [7, 11) is 0. The molecular formula is C66H52N2O2. The molecule has 0 fully saturated rings. The second kappa shape index (κ2) is 16.9. The summed E-state index contributed by atoms with van der Waals surface area (Å²) in [6.07, 6.45) is 6.14. The van der Waals surface area contributed by atoms with Gasteiger partial charge in [0.1, 0.15) is 16.9 Å². The van der Waals surface area contributed by atoms with Crippen molar-refractivity contribution in [3.8, 4) is 11.1 Å². The molecule has 0 radical (unpaired) electrons. The van der Waals surface area contributed by atoms with Crippen molar-refractivity contribution in [1.29, 1.82) is 0 Å². The van der Waals surface area contributed by atoms with E-state index in [0.717, 1.165) is 106 Å². The number of furan rings is 2. The molecule has 2 heterocycles. The van der Waals surface area contributed by atoms with Crippen LogP contribution in [0.25, 0.3) is 56.2 Å². The molecule has 0 atom stereocenters. The van der Waals surface area contributed by atoms with Crippen molar-refractivity contribution >= 4 is 79.2 Å². The van der Waals surface area contributed by atoms with E-state index in [1.54, 1.807) is 0 Å². The number of benzene rings is 9. The molecule has 0 bridgehead atoms. The first-order valence-corrected chi connectivity index (χ1v) is 24.1. The first-order chi connectivity index (χ1) is 34.3. The molecule has 0 N–H and O–H groups in total. The zero-order chi connectivity index (χ0) is 47.7. The zero-order valence-electron chi connectivity index (χ0n) is 40.1. The standard InChI is InChI=1S/C66H52N2O2/c1-7-17-52-58(8-2)69-64-57(68(50-36-28-44(5)29-37-50)51-38-30-45(6)31-39-51)41-54-62(61(52)64)63-55(66(54,46-18-11-9-12-19-46)47-20-13-10-14-21-47)40-56(60-53-22-15-16-23-59(53)70-65(60)63)67(48-32-24-42(3)25-33-48)49-34-26-43(4)27-35-49/h7-41H,2H2,1,3-6H3/b17-7-. The minimum atomic E-state index is -0.866. The topological polar surface area (TPSA) is 32.8 Å². The molecule has 338 valence electrons. The molecule has 9 aromatic carbocycles. The maximum absolute atomic E-state index is 7.43. The molecule has 4 heteroatoms.